The number of hydrogen-bond donors (Lipinski definition) is 0. The minimum Gasteiger partial charge on any atom is -0.369 e. The van der Waals surface area contributed by atoms with Crippen molar-refractivity contribution in [1.82, 2.24) is 4.90 Å². The zero-order valence-corrected chi connectivity index (χ0v) is 19.1. The van der Waals surface area contributed by atoms with Crippen LogP contribution in [-0.2, 0) is 24.1 Å². The molecule has 0 radical (unpaired) electrons. The fourth-order valence-corrected chi connectivity index (χ4v) is 5.63. The van der Waals surface area contributed by atoms with Crippen molar-refractivity contribution < 1.29 is 4.79 Å². The van der Waals surface area contributed by atoms with Crippen molar-refractivity contribution in [3.05, 3.63) is 58.1 Å². The van der Waals surface area contributed by atoms with Gasteiger partial charge >= 0.3 is 0 Å². The Labute approximate surface area is 186 Å². The van der Waals surface area contributed by atoms with E-state index in [0.717, 1.165) is 38.9 Å². The maximum atomic E-state index is 12.1. The predicted octanol–water partition coefficient (Wildman–Crippen LogP) is 4.28. The highest BCUT2D eigenvalue weighted by molar-refractivity contribution is 5.98. The Kier molecular flexibility index (Phi) is 5.75. The molecule has 3 heterocycles. The Hall–Kier alpha value is -2.33. The average Bonchev–Trinajstić information content (AvgIpc) is 3.22. The molecule has 3 aliphatic heterocycles. The third-order valence-electron chi connectivity index (χ3n) is 7.59. The highest BCUT2D eigenvalue weighted by Gasteiger charge is 2.31. The average molecular weight is 418 g/mol. The van der Waals surface area contributed by atoms with Gasteiger partial charge in [0.15, 0.2) is 0 Å². The first-order chi connectivity index (χ1) is 15.1. The molecule has 1 amide bonds. The quantitative estimate of drug-likeness (QED) is 0.656. The van der Waals surface area contributed by atoms with Gasteiger partial charge in [-0.1, -0.05) is 24.3 Å². The van der Waals surface area contributed by atoms with Crippen molar-refractivity contribution in [2.45, 2.75) is 52.4 Å². The van der Waals surface area contributed by atoms with Gasteiger partial charge in [-0.05, 0) is 86.4 Å². The van der Waals surface area contributed by atoms with Gasteiger partial charge in [-0.15, -0.1) is 0 Å². The topological polar surface area (TPSA) is 26.8 Å². The number of nitrogens with zero attached hydrogens (tertiary/aromatic N) is 3. The SMILES string of the molecule is Cc1cccc(N2CCN(CCCCc3cc4c5c(c3)CCN5C(=O)CC4)CC2)c1C. The molecule has 5 rings (SSSR count). The number of rotatable bonds is 6. The molecule has 0 aromatic heterocycles. The van der Waals surface area contributed by atoms with E-state index >= 15 is 0 Å². The van der Waals surface area contributed by atoms with Gasteiger partial charge in [-0.25, -0.2) is 0 Å². The van der Waals surface area contributed by atoms with Crippen LogP contribution in [0.4, 0.5) is 11.4 Å². The summed E-state index contributed by atoms with van der Waals surface area (Å²) in [5.74, 6) is 0.316. The fraction of sp³-hybridized carbons (Fsp3) is 0.519. The first kappa shape index (κ1) is 20.6. The van der Waals surface area contributed by atoms with Crippen molar-refractivity contribution in [3.8, 4) is 0 Å². The summed E-state index contributed by atoms with van der Waals surface area (Å²) < 4.78 is 0. The summed E-state index contributed by atoms with van der Waals surface area (Å²) >= 11 is 0. The number of amides is 1. The number of hydrogen-bond acceptors (Lipinski definition) is 3. The Morgan fingerprint density at radius 2 is 1.65 bits per heavy atom. The molecule has 1 saturated heterocycles. The van der Waals surface area contributed by atoms with E-state index in [9.17, 15) is 4.79 Å². The molecule has 0 spiro atoms. The Morgan fingerprint density at radius 3 is 2.45 bits per heavy atom. The van der Waals surface area contributed by atoms with Gasteiger partial charge < -0.3 is 9.80 Å². The van der Waals surface area contributed by atoms with Crippen molar-refractivity contribution in [2.75, 3.05) is 49.1 Å². The Morgan fingerprint density at radius 1 is 0.871 bits per heavy atom. The van der Waals surface area contributed by atoms with Gasteiger partial charge in [-0.3, -0.25) is 9.69 Å². The smallest absolute Gasteiger partial charge is 0.227 e. The van der Waals surface area contributed by atoms with Crippen LogP contribution in [0.3, 0.4) is 0 Å². The lowest BCUT2D eigenvalue weighted by molar-refractivity contribution is -0.118. The molecule has 2 aromatic carbocycles. The number of carbonyl (C=O) groups excluding carboxylic acids is 1. The summed E-state index contributed by atoms with van der Waals surface area (Å²) in [5.41, 5.74) is 9.78. The van der Waals surface area contributed by atoms with Crippen LogP contribution >= 0.6 is 0 Å². The van der Waals surface area contributed by atoms with Gasteiger partial charge in [0, 0.05) is 44.8 Å². The van der Waals surface area contributed by atoms with E-state index in [-0.39, 0.29) is 0 Å². The number of benzene rings is 2. The molecule has 4 nitrogen and oxygen atoms in total. The van der Waals surface area contributed by atoms with E-state index in [2.05, 4.69) is 54.0 Å². The number of carbonyl (C=O) groups is 1. The predicted molar refractivity (Wildman–Crippen MR) is 128 cm³/mol. The third kappa shape index (κ3) is 4.10. The van der Waals surface area contributed by atoms with Crippen LogP contribution in [0.15, 0.2) is 30.3 Å². The van der Waals surface area contributed by atoms with Crippen molar-refractivity contribution in [1.29, 1.82) is 0 Å². The normalized spacial score (nSPS) is 18.6. The zero-order chi connectivity index (χ0) is 21.4. The highest BCUT2D eigenvalue weighted by atomic mass is 16.2. The summed E-state index contributed by atoms with van der Waals surface area (Å²) in [6.07, 6.45) is 6.32. The van der Waals surface area contributed by atoms with Crippen LogP contribution in [0.1, 0.15) is 47.1 Å². The molecular formula is C27H35N3O. The second kappa shape index (κ2) is 8.66. The Bertz CT molecular complexity index is 975. The van der Waals surface area contributed by atoms with Gasteiger partial charge in [0.25, 0.3) is 0 Å². The van der Waals surface area contributed by atoms with Crippen LogP contribution in [0.2, 0.25) is 0 Å². The number of anilines is 2. The lowest BCUT2D eigenvalue weighted by atomic mass is 9.95. The highest BCUT2D eigenvalue weighted by Crippen LogP contribution is 2.37. The van der Waals surface area contributed by atoms with Crippen molar-refractivity contribution in [2.24, 2.45) is 0 Å². The maximum absolute atomic E-state index is 12.1. The molecule has 2 aromatic rings. The van der Waals surface area contributed by atoms with E-state index in [1.807, 2.05) is 4.90 Å². The van der Waals surface area contributed by atoms with Crippen molar-refractivity contribution in [3.63, 3.8) is 0 Å². The molecule has 0 atom stereocenters. The summed E-state index contributed by atoms with van der Waals surface area (Å²) in [7, 11) is 0. The van der Waals surface area contributed by atoms with Crippen LogP contribution in [0.25, 0.3) is 0 Å². The van der Waals surface area contributed by atoms with E-state index in [1.54, 1.807) is 0 Å². The van der Waals surface area contributed by atoms with E-state index < -0.39 is 0 Å². The summed E-state index contributed by atoms with van der Waals surface area (Å²) in [5, 5.41) is 0. The lowest BCUT2D eigenvalue weighted by Gasteiger charge is -2.37. The second-order valence-electron chi connectivity index (χ2n) is 9.56. The molecule has 0 N–H and O–H groups in total. The number of unbranched alkanes of at least 4 members (excludes halogenated alkanes) is 1. The van der Waals surface area contributed by atoms with Gasteiger partial charge in [-0.2, -0.15) is 0 Å². The van der Waals surface area contributed by atoms with Crippen LogP contribution in [-0.4, -0.2) is 50.1 Å². The summed E-state index contributed by atoms with van der Waals surface area (Å²) in [4.78, 5) is 19.3. The molecule has 3 aliphatic rings. The molecular weight excluding hydrogens is 382 g/mol. The van der Waals surface area contributed by atoms with Crippen LogP contribution < -0.4 is 9.80 Å². The van der Waals surface area contributed by atoms with Gasteiger partial charge in [0.2, 0.25) is 5.91 Å². The monoisotopic (exact) mass is 417 g/mol. The molecule has 0 bridgehead atoms. The van der Waals surface area contributed by atoms with Crippen LogP contribution in [0, 0.1) is 13.8 Å². The summed E-state index contributed by atoms with van der Waals surface area (Å²) in [6, 6.07) is 11.4. The Balaban J connectivity index is 1.09. The van der Waals surface area contributed by atoms with Gasteiger partial charge in [0.05, 0.1) is 5.69 Å². The standard InChI is InChI=1S/C27H35N3O/c1-20-6-5-8-25(21(20)2)29-16-14-28(15-17-29)12-4-3-7-22-18-23-9-10-26(31)30-13-11-24(19-22)27(23)30/h5-6,8,18-19H,3-4,7,9-17H2,1-2H3. The lowest BCUT2D eigenvalue weighted by Crippen LogP contribution is -2.46. The second-order valence-corrected chi connectivity index (χ2v) is 9.56. The van der Waals surface area contributed by atoms with E-state index in [4.69, 9.17) is 0 Å². The molecule has 0 aliphatic carbocycles. The molecule has 0 unspecified atom stereocenters. The molecule has 4 heteroatoms. The fourth-order valence-electron chi connectivity index (χ4n) is 5.63. The van der Waals surface area contributed by atoms with Gasteiger partial charge in [0.1, 0.15) is 0 Å². The first-order valence-corrected chi connectivity index (χ1v) is 12.1. The van der Waals surface area contributed by atoms with E-state index in [0.29, 0.717) is 12.3 Å². The number of piperazine rings is 1. The van der Waals surface area contributed by atoms with Crippen LogP contribution in [0.5, 0.6) is 0 Å². The first-order valence-electron chi connectivity index (χ1n) is 12.1. The zero-order valence-electron chi connectivity index (χ0n) is 19.1. The molecule has 1 fully saturated rings. The van der Waals surface area contributed by atoms with E-state index in [1.165, 1.54) is 71.7 Å². The van der Waals surface area contributed by atoms with Crippen molar-refractivity contribution >= 4 is 17.3 Å². The summed E-state index contributed by atoms with van der Waals surface area (Å²) in [6.45, 7) is 11.2. The third-order valence-corrected chi connectivity index (χ3v) is 7.59. The minimum atomic E-state index is 0.316. The largest absolute Gasteiger partial charge is 0.369 e. The maximum Gasteiger partial charge on any atom is 0.227 e. The molecule has 0 saturated carbocycles. The number of aryl methyl sites for hydroxylation is 3. The molecule has 164 valence electrons. The minimum absolute atomic E-state index is 0.316. The molecule has 31 heavy (non-hydrogen) atoms.